The minimum atomic E-state index is -0.140. The molecule has 0 spiro atoms. The number of imidazole rings is 1. The lowest BCUT2D eigenvalue weighted by atomic mass is 10.0. The number of benzene rings is 3. The first kappa shape index (κ1) is 28.0. The van der Waals surface area contributed by atoms with E-state index in [1.807, 2.05) is 18.2 Å². The fourth-order valence-electron chi connectivity index (χ4n) is 4.74. The monoisotopic (exact) mass is 529 g/mol. The van der Waals surface area contributed by atoms with Crippen molar-refractivity contribution in [3.63, 3.8) is 0 Å². The summed E-state index contributed by atoms with van der Waals surface area (Å²) >= 11 is 0. The molecule has 0 unspecified atom stereocenters. The number of aromatic nitrogens is 2. The lowest BCUT2D eigenvalue weighted by Gasteiger charge is -2.15. The number of fused-ring (bicyclic) bond motifs is 1. The Morgan fingerprint density at radius 3 is 2.51 bits per heavy atom. The van der Waals surface area contributed by atoms with Crippen molar-refractivity contribution in [2.45, 2.75) is 52.5 Å². The molecule has 4 rings (SSSR count). The molecule has 0 aliphatic carbocycles. The maximum atomic E-state index is 12.7. The molecule has 39 heavy (non-hydrogen) atoms. The summed E-state index contributed by atoms with van der Waals surface area (Å²) < 4.78 is 19.1. The molecule has 0 fully saturated rings. The topological polar surface area (TPSA) is 74.6 Å². The molecule has 0 saturated carbocycles. The number of ether oxygens (including phenoxy) is 3. The van der Waals surface area contributed by atoms with Crippen molar-refractivity contribution in [1.29, 1.82) is 0 Å². The Labute approximate surface area is 231 Å². The summed E-state index contributed by atoms with van der Waals surface area (Å²) in [6.45, 7) is 8.48. The third kappa shape index (κ3) is 6.91. The highest BCUT2D eigenvalue weighted by atomic mass is 16.5. The lowest BCUT2D eigenvalue weighted by molar-refractivity contribution is 0.0952. The van der Waals surface area contributed by atoms with Gasteiger partial charge >= 0.3 is 0 Å². The summed E-state index contributed by atoms with van der Waals surface area (Å²) in [5, 5.41) is 3.01. The fraction of sp³-hybridized carbons (Fsp3) is 0.375. The summed E-state index contributed by atoms with van der Waals surface area (Å²) in [7, 11) is 3.13. The molecule has 0 saturated heterocycles. The van der Waals surface area contributed by atoms with E-state index in [1.54, 1.807) is 32.4 Å². The molecule has 7 heteroatoms. The Morgan fingerprint density at radius 1 is 0.949 bits per heavy atom. The average molecular weight is 530 g/mol. The van der Waals surface area contributed by atoms with Crippen LogP contribution in [0.1, 0.15) is 59.9 Å². The Hall–Kier alpha value is -4.00. The van der Waals surface area contributed by atoms with E-state index in [9.17, 15) is 4.79 Å². The van der Waals surface area contributed by atoms with Crippen LogP contribution in [0.15, 0.2) is 60.7 Å². The van der Waals surface area contributed by atoms with Crippen LogP contribution < -0.4 is 19.5 Å². The number of nitrogens with zero attached hydrogens (tertiary/aromatic N) is 2. The number of nitrogens with one attached hydrogen (secondary N) is 1. The summed E-state index contributed by atoms with van der Waals surface area (Å²) in [4.78, 5) is 17.6. The molecular weight excluding hydrogens is 490 g/mol. The Morgan fingerprint density at radius 2 is 1.74 bits per heavy atom. The Balaban J connectivity index is 1.35. The van der Waals surface area contributed by atoms with E-state index < -0.39 is 0 Å². The van der Waals surface area contributed by atoms with Gasteiger partial charge in [-0.15, -0.1) is 0 Å². The first-order chi connectivity index (χ1) is 18.9. The van der Waals surface area contributed by atoms with Crippen molar-refractivity contribution in [2.24, 2.45) is 0 Å². The highest BCUT2D eigenvalue weighted by Crippen LogP contribution is 2.28. The minimum Gasteiger partial charge on any atom is -0.493 e. The van der Waals surface area contributed by atoms with Gasteiger partial charge in [-0.1, -0.05) is 38.1 Å². The van der Waals surface area contributed by atoms with Crippen molar-refractivity contribution < 1.29 is 19.0 Å². The van der Waals surface area contributed by atoms with Crippen molar-refractivity contribution >= 4 is 16.9 Å². The number of para-hydroxylation sites is 2. The maximum Gasteiger partial charge on any atom is 0.251 e. The zero-order valence-electron chi connectivity index (χ0n) is 23.6. The average Bonchev–Trinajstić information content (AvgIpc) is 3.29. The van der Waals surface area contributed by atoms with Crippen LogP contribution >= 0.6 is 0 Å². The van der Waals surface area contributed by atoms with Gasteiger partial charge in [0.2, 0.25) is 0 Å². The van der Waals surface area contributed by atoms with E-state index in [1.165, 1.54) is 11.1 Å². The Kier molecular flexibility index (Phi) is 9.47. The number of carbonyl (C=O) groups excluding carboxylic acids is 1. The second kappa shape index (κ2) is 13.2. The number of hydrogen-bond donors (Lipinski definition) is 1. The molecule has 206 valence electrons. The molecular formula is C32H39N3O4. The molecule has 1 N–H and O–H groups in total. The van der Waals surface area contributed by atoms with Gasteiger partial charge in [-0.2, -0.15) is 0 Å². The van der Waals surface area contributed by atoms with E-state index >= 15 is 0 Å². The van der Waals surface area contributed by atoms with E-state index in [4.69, 9.17) is 19.2 Å². The molecule has 0 aliphatic heterocycles. The summed E-state index contributed by atoms with van der Waals surface area (Å²) in [6.07, 6.45) is 2.41. The SMILES string of the molecule is COc1ccc(C(=O)NCCCc2nc3ccccc3n2CCCOc2cc(C)ccc2C(C)C)cc1OC. The normalized spacial score (nSPS) is 11.1. The van der Waals surface area contributed by atoms with Crippen LogP contribution in [0.4, 0.5) is 0 Å². The zero-order valence-corrected chi connectivity index (χ0v) is 23.6. The number of carbonyl (C=O) groups is 1. The summed E-state index contributed by atoms with van der Waals surface area (Å²) in [5.74, 6) is 3.40. The van der Waals surface area contributed by atoms with Gasteiger partial charge in [0, 0.05) is 25.1 Å². The summed E-state index contributed by atoms with van der Waals surface area (Å²) in [6, 6.07) is 19.8. The van der Waals surface area contributed by atoms with Crippen molar-refractivity contribution in [3.8, 4) is 17.2 Å². The smallest absolute Gasteiger partial charge is 0.251 e. The summed E-state index contributed by atoms with van der Waals surface area (Å²) in [5.41, 5.74) is 5.10. The fourth-order valence-corrected chi connectivity index (χ4v) is 4.74. The number of amides is 1. The molecule has 3 aromatic carbocycles. The number of hydrogen-bond acceptors (Lipinski definition) is 5. The molecule has 0 aliphatic rings. The van der Waals surface area contributed by atoms with E-state index in [2.05, 4.69) is 54.9 Å². The molecule has 0 atom stereocenters. The molecule has 4 aromatic rings. The molecule has 7 nitrogen and oxygen atoms in total. The lowest BCUT2D eigenvalue weighted by Crippen LogP contribution is -2.25. The van der Waals surface area contributed by atoms with Gasteiger partial charge in [0.25, 0.3) is 5.91 Å². The van der Waals surface area contributed by atoms with Crippen molar-refractivity contribution in [3.05, 3.63) is 83.2 Å². The van der Waals surface area contributed by atoms with Crippen LogP contribution in [0, 0.1) is 6.92 Å². The van der Waals surface area contributed by atoms with Gasteiger partial charge in [-0.25, -0.2) is 4.98 Å². The third-order valence-electron chi connectivity index (χ3n) is 6.82. The van der Waals surface area contributed by atoms with Crippen LogP contribution in [0.2, 0.25) is 0 Å². The molecule has 0 radical (unpaired) electrons. The molecule has 1 heterocycles. The third-order valence-corrected chi connectivity index (χ3v) is 6.82. The van der Waals surface area contributed by atoms with Crippen LogP contribution in [-0.2, 0) is 13.0 Å². The first-order valence-electron chi connectivity index (χ1n) is 13.6. The second-order valence-corrected chi connectivity index (χ2v) is 10.00. The van der Waals surface area contributed by atoms with Crippen molar-refractivity contribution in [2.75, 3.05) is 27.4 Å². The molecule has 0 bridgehead atoms. The van der Waals surface area contributed by atoms with E-state index in [0.29, 0.717) is 36.1 Å². The molecule has 1 amide bonds. The highest BCUT2D eigenvalue weighted by Gasteiger charge is 2.13. The van der Waals surface area contributed by atoms with Gasteiger partial charge in [-0.05, 0) is 73.2 Å². The van der Waals surface area contributed by atoms with Gasteiger partial charge in [0.05, 0.1) is 31.9 Å². The van der Waals surface area contributed by atoms with E-state index in [0.717, 1.165) is 48.4 Å². The minimum absolute atomic E-state index is 0.140. The largest absolute Gasteiger partial charge is 0.493 e. The zero-order chi connectivity index (χ0) is 27.8. The quantitative estimate of drug-likeness (QED) is 0.205. The van der Waals surface area contributed by atoms with Crippen LogP contribution in [0.5, 0.6) is 17.2 Å². The van der Waals surface area contributed by atoms with Gasteiger partial charge in [-0.3, -0.25) is 4.79 Å². The van der Waals surface area contributed by atoms with Crippen LogP contribution in [0.3, 0.4) is 0 Å². The van der Waals surface area contributed by atoms with Crippen LogP contribution in [0.25, 0.3) is 11.0 Å². The predicted octanol–water partition coefficient (Wildman–Crippen LogP) is 6.32. The maximum absolute atomic E-state index is 12.7. The van der Waals surface area contributed by atoms with Gasteiger partial charge in [0.15, 0.2) is 11.5 Å². The number of rotatable bonds is 13. The van der Waals surface area contributed by atoms with Crippen LogP contribution in [-0.4, -0.2) is 42.8 Å². The molecule has 1 aromatic heterocycles. The standard InChI is InChI=1S/C32H39N3O4/c1-22(2)25-15-13-23(3)20-29(25)39-19-9-18-35-27-11-7-6-10-26(27)34-31(35)12-8-17-33-32(36)24-14-16-28(37-4)30(21-24)38-5/h6-7,10-11,13-16,20-22H,8-9,12,17-19H2,1-5H3,(H,33,36). The van der Waals surface area contributed by atoms with Crippen molar-refractivity contribution in [1.82, 2.24) is 14.9 Å². The highest BCUT2D eigenvalue weighted by molar-refractivity contribution is 5.94. The van der Waals surface area contributed by atoms with Gasteiger partial charge < -0.3 is 24.1 Å². The number of methoxy groups -OCH3 is 2. The number of aryl methyl sites for hydroxylation is 3. The second-order valence-electron chi connectivity index (χ2n) is 10.00. The predicted molar refractivity (Wildman–Crippen MR) is 155 cm³/mol. The Bertz CT molecular complexity index is 1410. The first-order valence-corrected chi connectivity index (χ1v) is 13.6. The van der Waals surface area contributed by atoms with Gasteiger partial charge in [0.1, 0.15) is 11.6 Å². The van der Waals surface area contributed by atoms with E-state index in [-0.39, 0.29) is 5.91 Å².